The largest absolute Gasteiger partial charge is 0.465 e. The predicted molar refractivity (Wildman–Crippen MR) is 116 cm³/mol. The van der Waals surface area contributed by atoms with Crippen LogP contribution in [0.1, 0.15) is 28.4 Å². The van der Waals surface area contributed by atoms with E-state index in [1.807, 2.05) is 43.3 Å². The number of hydrogen-bond acceptors (Lipinski definition) is 5. The van der Waals surface area contributed by atoms with E-state index in [2.05, 4.69) is 15.4 Å². The maximum absolute atomic E-state index is 12.2. The van der Waals surface area contributed by atoms with Crippen molar-refractivity contribution in [3.05, 3.63) is 65.2 Å². The van der Waals surface area contributed by atoms with Crippen LogP contribution in [0.5, 0.6) is 0 Å². The summed E-state index contributed by atoms with van der Waals surface area (Å²) in [5.41, 5.74) is 3.38. The average Bonchev–Trinajstić information content (AvgIpc) is 2.73. The lowest BCUT2D eigenvalue weighted by molar-refractivity contribution is -0.120. The molecule has 0 saturated carbocycles. The average molecular weight is 415 g/mol. The summed E-state index contributed by atoms with van der Waals surface area (Å²) in [6.45, 7) is 4.25. The number of benzene rings is 2. The first-order valence-electron chi connectivity index (χ1n) is 9.32. The fraction of sp³-hybridized carbons (Fsp3) is 0.318. The highest BCUT2D eigenvalue weighted by Crippen LogP contribution is 2.13. The smallest absolute Gasteiger partial charge is 0.337 e. The van der Waals surface area contributed by atoms with E-state index in [-0.39, 0.29) is 28.8 Å². The van der Waals surface area contributed by atoms with Crippen LogP contribution >= 0.6 is 11.8 Å². The SMILES string of the molecule is COC(=O)c1ccc(CCNC(=O)C(C)SCC(=O)Nc2ccc(C)cc2)cc1. The van der Waals surface area contributed by atoms with Crippen LogP contribution in [0.2, 0.25) is 0 Å². The van der Waals surface area contributed by atoms with Crippen molar-refractivity contribution in [2.24, 2.45) is 0 Å². The second kappa shape index (κ2) is 11.3. The summed E-state index contributed by atoms with van der Waals surface area (Å²) >= 11 is 1.29. The summed E-state index contributed by atoms with van der Waals surface area (Å²) in [5.74, 6) is -0.409. The van der Waals surface area contributed by atoms with Gasteiger partial charge in [-0.2, -0.15) is 0 Å². The van der Waals surface area contributed by atoms with Gasteiger partial charge in [0.25, 0.3) is 0 Å². The molecule has 2 aromatic rings. The number of amides is 2. The number of carbonyl (C=O) groups excluding carboxylic acids is 3. The normalized spacial score (nSPS) is 11.4. The summed E-state index contributed by atoms with van der Waals surface area (Å²) in [6, 6.07) is 14.7. The molecule has 0 aliphatic heterocycles. The van der Waals surface area contributed by atoms with Crippen molar-refractivity contribution in [3.8, 4) is 0 Å². The minimum absolute atomic E-state index is 0.107. The van der Waals surface area contributed by atoms with Gasteiger partial charge < -0.3 is 15.4 Å². The number of nitrogens with one attached hydrogen (secondary N) is 2. The third-order valence-electron chi connectivity index (χ3n) is 4.26. The van der Waals surface area contributed by atoms with Gasteiger partial charge in [0.15, 0.2) is 0 Å². The predicted octanol–water partition coefficient (Wildman–Crippen LogP) is 3.20. The van der Waals surface area contributed by atoms with Crippen LogP contribution in [0.25, 0.3) is 0 Å². The Kier molecular flexibility index (Phi) is 8.73. The van der Waals surface area contributed by atoms with Crippen molar-refractivity contribution in [1.82, 2.24) is 5.32 Å². The Morgan fingerprint density at radius 3 is 2.31 bits per heavy atom. The quantitative estimate of drug-likeness (QED) is 0.616. The standard InChI is InChI=1S/C22H26N2O4S/c1-15-4-10-19(11-5-15)24-20(25)14-29-16(2)21(26)23-13-12-17-6-8-18(9-7-17)22(27)28-3/h4-11,16H,12-14H2,1-3H3,(H,23,26)(H,24,25). The molecule has 0 bridgehead atoms. The molecule has 2 N–H and O–H groups in total. The van der Waals surface area contributed by atoms with Crippen molar-refractivity contribution in [1.29, 1.82) is 0 Å². The summed E-state index contributed by atoms with van der Waals surface area (Å²) in [5, 5.41) is 5.36. The van der Waals surface area contributed by atoms with E-state index in [0.29, 0.717) is 18.5 Å². The lowest BCUT2D eigenvalue weighted by Crippen LogP contribution is -2.33. The summed E-state index contributed by atoms with van der Waals surface area (Å²) < 4.78 is 4.67. The molecule has 0 aliphatic rings. The lowest BCUT2D eigenvalue weighted by atomic mass is 10.1. The molecule has 0 fully saturated rings. The Balaban J connectivity index is 1.68. The molecule has 6 nitrogen and oxygen atoms in total. The number of anilines is 1. The van der Waals surface area contributed by atoms with Crippen molar-refractivity contribution in [2.75, 3.05) is 24.7 Å². The maximum Gasteiger partial charge on any atom is 0.337 e. The summed E-state index contributed by atoms with van der Waals surface area (Å²) in [6.07, 6.45) is 0.651. The number of ether oxygens (including phenoxy) is 1. The molecule has 0 spiro atoms. The minimum Gasteiger partial charge on any atom is -0.465 e. The summed E-state index contributed by atoms with van der Waals surface area (Å²) in [4.78, 5) is 35.6. The highest BCUT2D eigenvalue weighted by molar-refractivity contribution is 8.01. The molecule has 0 aliphatic carbocycles. The van der Waals surface area contributed by atoms with E-state index in [1.165, 1.54) is 18.9 Å². The van der Waals surface area contributed by atoms with Gasteiger partial charge in [-0.25, -0.2) is 4.79 Å². The molecule has 0 heterocycles. The molecule has 7 heteroatoms. The van der Waals surface area contributed by atoms with E-state index < -0.39 is 0 Å². The van der Waals surface area contributed by atoms with Crippen LogP contribution in [0.4, 0.5) is 5.69 Å². The first kappa shape index (κ1) is 22.5. The van der Waals surface area contributed by atoms with Gasteiger partial charge in [0.2, 0.25) is 11.8 Å². The Labute approximate surface area is 175 Å². The summed E-state index contributed by atoms with van der Waals surface area (Å²) in [7, 11) is 1.34. The minimum atomic E-state index is -0.373. The highest BCUT2D eigenvalue weighted by Gasteiger charge is 2.15. The lowest BCUT2D eigenvalue weighted by Gasteiger charge is -2.12. The molecule has 1 atom stereocenters. The van der Waals surface area contributed by atoms with E-state index in [0.717, 1.165) is 16.8 Å². The zero-order valence-electron chi connectivity index (χ0n) is 16.9. The monoisotopic (exact) mass is 414 g/mol. The topological polar surface area (TPSA) is 84.5 Å². The second-order valence-electron chi connectivity index (χ2n) is 6.60. The first-order valence-corrected chi connectivity index (χ1v) is 10.4. The third kappa shape index (κ3) is 7.62. The van der Waals surface area contributed by atoms with Crippen molar-refractivity contribution in [2.45, 2.75) is 25.5 Å². The molecular formula is C22H26N2O4S. The number of aryl methyl sites for hydroxylation is 1. The number of thioether (sulfide) groups is 1. The Morgan fingerprint density at radius 1 is 1.03 bits per heavy atom. The number of rotatable bonds is 9. The van der Waals surface area contributed by atoms with Gasteiger partial charge in [0, 0.05) is 12.2 Å². The molecule has 2 rings (SSSR count). The zero-order valence-corrected chi connectivity index (χ0v) is 17.7. The van der Waals surface area contributed by atoms with Crippen molar-refractivity contribution < 1.29 is 19.1 Å². The maximum atomic E-state index is 12.2. The molecule has 0 radical (unpaired) electrons. The highest BCUT2D eigenvalue weighted by atomic mass is 32.2. The molecule has 154 valence electrons. The number of methoxy groups -OCH3 is 1. The van der Waals surface area contributed by atoms with Gasteiger partial charge in [0.1, 0.15) is 0 Å². The molecule has 0 saturated heterocycles. The van der Waals surface area contributed by atoms with Gasteiger partial charge in [-0.1, -0.05) is 29.8 Å². The fourth-order valence-electron chi connectivity index (χ4n) is 2.51. The zero-order chi connectivity index (χ0) is 21.2. The molecule has 29 heavy (non-hydrogen) atoms. The van der Waals surface area contributed by atoms with Gasteiger partial charge >= 0.3 is 5.97 Å². The molecule has 0 aromatic heterocycles. The van der Waals surface area contributed by atoms with Crippen LogP contribution in [-0.4, -0.2) is 42.4 Å². The first-order chi connectivity index (χ1) is 13.9. The van der Waals surface area contributed by atoms with Crippen LogP contribution in [-0.2, 0) is 20.7 Å². The van der Waals surface area contributed by atoms with Gasteiger partial charge in [-0.05, 0) is 50.1 Å². The number of hydrogen-bond donors (Lipinski definition) is 2. The van der Waals surface area contributed by atoms with E-state index in [1.54, 1.807) is 19.1 Å². The number of carbonyl (C=O) groups is 3. The van der Waals surface area contributed by atoms with E-state index in [4.69, 9.17) is 0 Å². The van der Waals surface area contributed by atoms with Gasteiger partial charge in [-0.3, -0.25) is 9.59 Å². The molecule has 1 unspecified atom stereocenters. The Hall–Kier alpha value is -2.80. The Bertz CT molecular complexity index is 835. The third-order valence-corrected chi connectivity index (χ3v) is 5.40. The number of esters is 1. The van der Waals surface area contributed by atoms with E-state index in [9.17, 15) is 14.4 Å². The molecular weight excluding hydrogens is 388 g/mol. The Morgan fingerprint density at radius 2 is 1.69 bits per heavy atom. The van der Waals surface area contributed by atoms with Crippen LogP contribution in [0, 0.1) is 6.92 Å². The van der Waals surface area contributed by atoms with Gasteiger partial charge in [0.05, 0.1) is 23.7 Å². The second-order valence-corrected chi connectivity index (χ2v) is 7.93. The van der Waals surface area contributed by atoms with Crippen LogP contribution in [0.3, 0.4) is 0 Å². The van der Waals surface area contributed by atoms with Gasteiger partial charge in [-0.15, -0.1) is 11.8 Å². The fourth-order valence-corrected chi connectivity index (χ4v) is 3.22. The molecule has 2 amide bonds. The van der Waals surface area contributed by atoms with Crippen molar-refractivity contribution in [3.63, 3.8) is 0 Å². The van der Waals surface area contributed by atoms with E-state index >= 15 is 0 Å². The van der Waals surface area contributed by atoms with Crippen molar-refractivity contribution >= 4 is 35.2 Å². The van der Waals surface area contributed by atoms with Crippen LogP contribution < -0.4 is 10.6 Å². The van der Waals surface area contributed by atoms with Crippen LogP contribution in [0.15, 0.2) is 48.5 Å². The molecule has 2 aromatic carbocycles.